The largest absolute Gasteiger partial charge is 0.321 e. The number of nitrogens with one attached hydrogen (secondary N) is 1. The molecule has 1 aromatic heterocycles. The fraction of sp³-hybridized carbons (Fsp3) is 0.273. The zero-order valence-electron chi connectivity index (χ0n) is 15.7. The van der Waals surface area contributed by atoms with E-state index in [1.165, 1.54) is 11.3 Å². The van der Waals surface area contributed by atoms with Gasteiger partial charge >= 0.3 is 0 Å². The van der Waals surface area contributed by atoms with Crippen molar-refractivity contribution in [2.75, 3.05) is 16.8 Å². The number of hydrogen-bond acceptors (Lipinski definition) is 3. The summed E-state index contributed by atoms with van der Waals surface area (Å²) in [7, 11) is 0. The van der Waals surface area contributed by atoms with Gasteiger partial charge in [0.25, 0.3) is 5.91 Å². The van der Waals surface area contributed by atoms with Gasteiger partial charge in [0.15, 0.2) is 0 Å². The Labute approximate surface area is 162 Å². The van der Waals surface area contributed by atoms with E-state index in [1.807, 2.05) is 74.2 Å². The summed E-state index contributed by atoms with van der Waals surface area (Å²) in [6.45, 7) is 6.49. The normalized spacial score (nSPS) is 13.7. The first-order valence-corrected chi connectivity index (χ1v) is 9.89. The van der Waals surface area contributed by atoms with Crippen molar-refractivity contribution in [1.82, 2.24) is 0 Å². The number of carbonyl (C=O) groups is 2. The molecule has 1 aliphatic heterocycles. The number of carbonyl (C=O) groups excluding carboxylic acids is 2. The highest BCUT2D eigenvalue weighted by atomic mass is 32.1. The Kier molecular flexibility index (Phi) is 4.27. The summed E-state index contributed by atoms with van der Waals surface area (Å²) >= 11 is 1.48. The molecule has 0 fully saturated rings. The molecule has 0 unspecified atom stereocenters. The van der Waals surface area contributed by atoms with Crippen LogP contribution >= 0.6 is 11.3 Å². The van der Waals surface area contributed by atoms with Crippen LogP contribution in [0.5, 0.6) is 0 Å². The number of benzene rings is 2. The van der Waals surface area contributed by atoms with Gasteiger partial charge in [0.2, 0.25) is 5.91 Å². The first kappa shape index (κ1) is 17.7. The predicted octanol–water partition coefficient (Wildman–Crippen LogP) is 5.09. The van der Waals surface area contributed by atoms with Crippen molar-refractivity contribution in [1.29, 1.82) is 0 Å². The lowest BCUT2D eigenvalue weighted by Crippen LogP contribution is -2.38. The Morgan fingerprint density at radius 1 is 1.07 bits per heavy atom. The number of anilines is 2. The van der Waals surface area contributed by atoms with E-state index in [0.29, 0.717) is 17.1 Å². The molecule has 0 spiro atoms. The molecule has 27 heavy (non-hydrogen) atoms. The highest BCUT2D eigenvalue weighted by Gasteiger charge is 2.32. The first-order valence-electron chi connectivity index (χ1n) is 9.08. The maximum atomic E-state index is 12.7. The van der Waals surface area contributed by atoms with E-state index in [-0.39, 0.29) is 11.8 Å². The fourth-order valence-corrected chi connectivity index (χ4v) is 4.32. The van der Waals surface area contributed by atoms with Crippen LogP contribution in [-0.4, -0.2) is 18.4 Å². The van der Waals surface area contributed by atoms with Gasteiger partial charge in [0.1, 0.15) is 0 Å². The van der Waals surface area contributed by atoms with E-state index < -0.39 is 5.41 Å². The zero-order chi connectivity index (χ0) is 19.2. The van der Waals surface area contributed by atoms with Crippen LogP contribution in [0.4, 0.5) is 11.4 Å². The van der Waals surface area contributed by atoms with Crippen molar-refractivity contribution in [2.45, 2.75) is 27.2 Å². The smallest absolute Gasteiger partial charge is 0.265 e. The van der Waals surface area contributed by atoms with E-state index in [2.05, 4.69) is 5.32 Å². The lowest BCUT2D eigenvalue weighted by atomic mass is 9.94. The molecule has 0 saturated heterocycles. The van der Waals surface area contributed by atoms with Crippen LogP contribution in [0, 0.1) is 5.41 Å². The Morgan fingerprint density at radius 3 is 2.59 bits per heavy atom. The maximum Gasteiger partial charge on any atom is 0.265 e. The van der Waals surface area contributed by atoms with Gasteiger partial charge in [-0.05, 0) is 41.6 Å². The Bertz CT molecular complexity index is 1010. The second-order valence-electron chi connectivity index (χ2n) is 7.90. The van der Waals surface area contributed by atoms with E-state index in [0.717, 1.165) is 27.8 Å². The van der Waals surface area contributed by atoms with Crippen molar-refractivity contribution in [3.8, 4) is 0 Å². The molecule has 4 rings (SSSR count). The van der Waals surface area contributed by atoms with Crippen molar-refractivity contribution in [2.24, 2.45) is 5.41 Å². The molecule has 0 saturated carbocycles. The highest BCUT2D eigenvalue weighted by Crippen LogP contribution is 2.34. The number of hydrogen-bond donors (Lipinski definition) is 1. The average Bonchev–Trinajstić information content (AvgIpc) is 3.24. The molecule has 1 aliphatic rings. The van der Waals surface area contributed by atoms with Crippen molar-refractivity contribution in [3.63, 3.8) is 0 Å². The molecule has 0 aliphatic carbocycles. The Balaban J connectivity index is 1.58. The van der Waals surface area contributed by atoms with Crippen LogP contribution in [0.2, 0.25) is 0 Å². The van der Waals surface area contributed by atoms with Gasteiger partial charge in [-0.2, -0.15) is 0 Å². The van der Waals surface area contributed by atoms with E-state index >= 15 is 0 Å². The summed E-state index contributed by atoms with van der Waals surface area (Å²) in [4.78, 5) is 27.9. The van der Waals surface area contributed by atoms with Gasteiger partial charge in [-0.25, -0.2) is 0 Å². The minimum Gasteiger partial charge on any atom is -0.321 e. The quantitative estimate of drug-likeness (QED) is 0.675. The van der Waals surface area contributed by atoms with Crippen molar-refractivity contribution < 1.29 is 9.59 Å². The predicted molar refractivity (Wildman–Crippen MR) is 112 cm³/mol. The number of thiophene rings is 1. The van der Waals surface area contributed by atoms with Crippen LogP contribution in [0.1, 0.15) is 36.0 Å². The summed E-state index contributed by atoms with van der Waals surface area (Å²) in [5.41, 5.74) is 2.33. The summed E-state index contributed by atoms with van der Waals surface area (Å²) in [5, 5.41) is 4.05. The molecule has 2 aromatic carbocycles. The molecule has 2 amide bonds. The minimum absolute atomic E-state index is 0.106. The minimum atomic E-state index is -0.433. The summed E-state index contributed by atoms with van der Waals surface area (Å²) in [5.74, 6) is -0.0166. The third-order valence-electron chi connectivity index (χ3n) is 4.77. The molecule has 1 N–H and O–H groups in total. The molecule has 3 aromatic rings. The van der Waals surface area contributed by atoms with Crippen LogP contribution in [0.3, 0.4) is 0 Å². The van der Waals surface area contributed by atoms with Gasteiger partial charge in [0.05, 0.1) is 4.88 Å². The third kappa shape index (κ3) is 3.35. The van der Waals surface area contributed by atoms with Crippen molar-refractivity contribution in [3.05, 3.63) is 59.0 Å². The summed E-state index contributed by atoms with van der Waals surface area (Å²) in [6.07, 6.45) is 0.849. The van der Waals surface area contributed by atoms with Crippen molar-refractivity contribution >= 4 is 44.6 Å². The number of fused-ring (bicyclic) bond motifs is 2. The number of amides is 2. The summed E-state index contributed by atoms with van der Waals surface area (Å²) < 4.78 is 1.10. The van der Waals surface area contributed by atoms with Crippen LogP contribution in [-0.2, 0) is 11.2 Å². The fourth-order valence-electron chi connectivity index (χ4n) is 3.36. The van der Waals surface area contributed by atoms with Gasteiger partial charge in [0, 0.05) is 28.0 Å². The molecule has 4 nitrogen and oxygen atoms in total. The molecule has 5 heteroatoms. The number of nitrogens with zero attached hydrogens (tertiary/aromatic N) is 1. The highest BCUT2D eigenvalue weighted by molar-refractivity contribution is 7.20. The molecule has 0 radical (unpaired) electrons. The SMILES string of the molecule is CC(C)(C)C(=O)N1CCc2ccc(NC(=O)c3cc4ccccc4s3)cc21. The molecule has 138 valence electrons. The van der Waals surface area contributed by atoms with Crippen LogP contribution in [0.15, 0.2) is 48.5 Å². The molecule has 0 atom stereocenters. The Morgan fingerprint density at radius 2 is 1.85 bits per heavy atom. The van der Waals surface area contributed by atoms with E-state index in [1.54, 1.807) is 0 Å². The lowest BCUT2D eigenvalue weighted by molar-refractivity contribution is -0.125. The second-order valence-corrected chi connectivity index (χ2v) is 8.99. The molecule has 2 heterocycles. The first-order chi connectivity index (χ1) is 12.8. The van der Waals surface area contributed by atoms with Gasteiger partial charge < -0.3 is 10.2 Å². The lowest BCUT2D eigenvalue weighted by Gasteiger charge is -2.26. The Hall–Kier alpha value is -2.66. The molecular formula is C22H22N2O2S. The van der Waals surface area contributed by atoms with E-state index in [4.69, 9.17) is 0 Å². The van der Waals surface area contributed by atoms with Crippen LogP contribution < -0.4 is 10.2 Å². The van der Waals surface area contributed by atoms with Gasteiger partial charge in [-0.1, -0.05) is 45.0 Å². The average molecular weight is 378 g/mol. The zero-order valence-corrected chi connectivity index (χ0v) is 16.5. The maximum absolute atomic E-state index is 12.7. The molecular weight excluding hydrogens is 356 g/mol. The van der Waals surface area contributed by atoms with Gasteiger partial charge in [-0.3, -0.25) is 9.59 Å². The van der Waals surface area contributed by atoms with Crippen LogP contribution in [0.25, 0.3) is 10.1 Å². The van der Waals surface area contributed by atoms with E-state index in [9.17, 15) is 9.59 Å². The monoisotopic (exact) mass is 378 g/mol. The van der Waals surface area contributed by atoms with Gasteiger partial charge in [-0.15, -0.1) is 11.3 Å². The second kappa shape index (κ2) is 6.50. The standard InChI is InChI=1S/C22H22N2O2S/c1-22(2,3)21(26)24-11-10-14-8-9-16(13-17(14)24)23-20(25)19-12-15-6-4-5-7-18(15)27-19/h4-9,12-13H,10-11H2,1-3H3,(H,23,25). The molecule has 0 bridgehead atoms. The third-order valence-corrected chi connectivity index (χ3v) is 5.89. The topological polar surface area (TPSA) is 49.4 Å². The number of rotatable bonds is 2. The summed E-state index contributed by atoms with van der Waals surface area (Å²) in [6, 6.07) is 15.7.